The molecule has 0 unspecified atom stereocenters. The zero-order chi connectivity index (χ0) is 14.7. The molecule has 0 amide bonds. The van der Waals surface area contributed by atoms with Crippen LogP contribution in [0.2, 0.25) is 5.02 Å². The van der Waals surface area contributed by atoms with E-state index in [1.165, 1.54) is 7.11 Å². The van der Waals surface area contributed by atoms with E-state index in [0.717, 1.165) is 0 Å². The molecule has 2 aromatic rings. The van der Waals surface area contributed by atoms with Gasteiger partial charge in [-0.25, -0.2) is 4.79 Å². The van der Waals surface area contributed by atoms with E-state index in [0.29, 0.717) is 27.8 Å². The monoisotopic (exact) mass is 295 g/mol. The van der Waals surface area contributed by atoms with Gasteiger partial charge in [-0.2, -0.15) is 0 Å². The Morgan fingerprint density at radius 1 is 1.45 bits per heavy atom. The first kappa shape index (κ1) is 14.4. The van der Waals surface area contributed by atoms with Crippen molar-refractivity contribution in [3.8, 4) is 17.0 Å². The van der Waals surface area contributed by atoms with Crippen LogP contribution in [0.1, 0.15) is 23.0 Å². The summed E-state index contributed by atoms with van der Waals surface area (Å²) in [6, 6.07) is 5.23. The highest BCUT2D eigenvalue weighted by atomic mass is 35.5. The molecule has 6 heteroatoms. The van der Waals surface area contributed by atoms with Crippen LogP contribution in [0.3, 0.4) is 0 Å². The van der Waals surface area contributed by atoms with Crippen molar-refractivity contribution in [1.82, 2.24) is 5.16 Å². The summed E-state index contributed by atoms with van der Waals surface area (Å²) in [7, 11) is 1.52. The minimum absolute atomic E-state index is 0.273. The highest BCUT2D eigenvalue weighted by molar-refractivity contribution is 6.35. The number of rotatable bonds is 4. The number of halogens is 1. The van der Waals surface area contributed by atoms with E-state index in [2.05, 4.69) is 5.16 Å². The van der Waals surface area contributed by atoms with E-state index in [1.807, 2.05) is 0 Å². The molecule has 0 spiro atoms. The van der Waals surface area contributed by atoms with Crippen molar-refractivity contribution in [2.24, 2.45) is 0 Å². The van der Waals surface area contributed by atoms with Gasteiger partial charge in [0.1, 0.15) is 22.8 Å². The predicted octanol–water partition coefficient (Wildman–Crippen LogP) is 3.49. The van der Waals surface area contributed by atoms with E-state index in [4.69, 9.17) is 25.6 Å². The molecule has 106 valence electrons. The summed E-state index contributed by atoms with van der Waals surface area (Å²) in [4.78, 5) is 12.0. The summed E-state index contributed by atoms with van der Waals surface area (Å²) in [6.07, 6.45) is 0. The molecule has 0 aliphatic heterocycles. The van der Waals surface area contributed by atoms with E-state index >= 15 is 0 Å². The second kappa shape index (κ2) is 5.96. The Morgan fingerprint density at radius 3 is 2.85 bits per heavy atom. The van der Waals surface area contributed by atoms with Crippen LogP contribution in [0.4, 0.5) is 0 Å². The number of aromatic nitrogens is 1. The van der Waals surface area contributed by atoms with E-state index in [9.17, 15) is 4.79 Å². The number of benzene rings is 1. The van der Waals surface area contributed by atoms with Crippen molar-refractivity contribution < 1.29 is 18.8 Å². The zero-order valence-corrected chi connectivity index (χ0v) is 12.2. The zero-order valence-electron chi connectivity index (χ0n) is 11.4. The molecule has 0 saturated carbocycles. The van der Waals surface area contributed by atoms with Crippen LogP contribution in [-0.4, -0.2) is 24.8 Å². The van der Waals surface area contributed by atoms with Crippen LogP contribution in [0.5, 0.6) is 5.75 Å². The molecule has 0 aliphatic rings. The van der Waals surface area contributed by atoms with Crippen LogP contribution >= 0.6 is 11.6 Å². The van der Waals surface area contributed by atoms with Crippen molar-refractivity contribution in [1.29, 1.82) is 0 Å². The first-order valence-corrected chi connectivity index (χ1v) is 6.44. The maximum Gasteiger partial charge on any atom is 0.344 e. The molecule has 0 saturated heterocycles. The number of esters is 1. The van der Waals surface area contributed by atoms with Crippen molar-refractivity contribution in [2.45, 2.75) is 13.8 Å². The average Bonchev–Trinajstić information content (AvgIpc) is 2.81. The molecule has 20 heavy (non-hydrogen) atoms. The molecule has 1 heterocycles. The van der Waals surface area contributed by atoms with Gasteiger partial charge in [0.2, 0.25) is 0 Å². The summed E-state index contributed by atoms with van der Waals surface area (Å²) >= 11 is 6.25. The van der Waals surface area contributed by atoms with Crippen LogP contribution in [0, 0.1) is 6.92 Å². The van der Waals surface area contributed by atoms with Crippen molar-refractivity contribution in [3.05, 3.63) is 34.5 Å². The molecule has 0 atom stereocenters. The molecule has 0 bridgehead atoms. The molecule has 0 fully saturated rings. The van der Waals surface area contributed by atoms with Gasteiger partial charge in [-0.1, -0.05) is 28.9 Å². The molecule has 1 aromatic carbocycles. The Morgan fingerprint density at radius 2 is 2.20 bits per heavy atom. The van der Waals surface area contributed by atoms with Gasteiger partial charge in [-0.15, -0.1) is 0 Å². The van der Waals surface area contributed by atoms with Crippen LogP contribution in [0.25, 0.3) is 11.3 Å². The highest BCUT2D eigenvalue weighted by Gasteiger charge is 2.24. The predicted molar refractivity (Wildman–Crippen MR) is 74.2 cm³/mol. The first-order chi connectivity index (χ1) is 9.60. The third kappa shape index (κ3) is 2.49. The largest absolute Gasteiger partial charge is 0.495 e. The van der Waals surface area contributed by atoms with Gasteiger partial charge in [0.05, 0.1) is 18.7 Å². The minimum Gasteiger partial charge on any atom is -0.495 e. The number of nitrogens with zero attached hydrogens (tertiary/aromatic N) is 1. The van der Waals surface area contributed by atoms with Crippen molar-refractivity contribution in [3.63, 3.8) is 0 Å². The molecule has 1 aromatic heterocycles. The Labute approximate surface area is 121 Å². The number of carbonyl (C=O) groups excluding carboxylic acids is 1. The topological polar surface area (TPSA) is 61.6 Å². The summed E-state index contributed by atoms with van der Waals surface area (Å²) in [5, 5.41) is 4.28. The Bertz CT molecular complexity index is 636. The molecule has 0 radical (unpaired) electrons. The molecule has 0 aliphatic carbocycles. The Balaban J connectivity index is 2.57. The van der Waals surface area contributed by atoms with E-state index in [-0.39, 0.29) is 12.2 Å². The fourth-order valence-electron chi connectivity index (χ4n) is 1.85. The number of methoxy groups -OCH3 is 1. The van der Waals surface area contributed by atoms with Crippen LogP contribution in [0.15, 0.2) is 22.7 Å². The number of hydrogen-bond donors (Lipinski definition) is 0. The highest BCUT2D eigenvalue weighted by Crippen LogP contribution is 2.36. The lowest BCUT2D eigenvalue weighted by atomic mass is 10.1. The second-order valence-electron chi connectivity index (χ2n) is 4.00. The van der Waals surface area contributed by atoms with E-state index < -0.39 is 5.97 Å². The lowest BCUT2D eigenvalue weighted by molar-refractivity contribution is 0.0525. The van der Waals surface area contributed by atoms with Gasteiger partial charge in [0.15, 0.2) is 0 Å². The van der Waals surface area contributed by atoms with Crippen molar-refractivity contribution >= 4 is 17.6 Å². The van der Waals surface area contributed by atoms with Gasteiger partial charge < -0.3 is 14.0 Å². The fourth-order valence-corrected chi connectivity index (χ4v) is 2.14. The van der Waals surface area contributed by atoms with Crippen LogP contribution < -0.4 is 4.74 Å². The third-order valence-corrected chi connectivity index (χ3v) is 3.17. The molecule has 2 rings (SSSR count). The molecule has 0 N–H and O–H groups in total. The maximum absolute atomic E-state index is 12.0. The summed E-state index contributed by atoms with van der Waals surface area (Å²) < 4.78 is 15.3. The number of hydrogen-bond acceptors (Lipinski definition) is 5. The summed E-state index contributed by atoms with van der Waals surface area (Å²) in [5.41, 5.74) is 1.19. The SMILES string of the molecule is CCOC(=O)c1c(-c2cccc(OC)c2Cl)noc1C. The first-order valence-electron chi connectivity index (χ1n) is 6.06. The van der Waals surface area contributed by atoms with Gasteiger partial charge in [0, 0.05) is 5.56 Å². The number of aryl methyl sites for hydroxylation is 1. The second-order valence-corrected chi connectivity index (χ2v) is 4.38. The average molecular weight is 296 g/mol. The third-order valence-electron chi connectivity index (χ3n) is 2.78. The quantitative estimate of drug-likeness (QED) is 0.808. The number of ether oxygens (including phenoxy) is 2. The molecular weight excluding hydrogens is 282 g/mol. The number of carbonyl (C=O) groups is 1. The Kier molecular flexibility index (Phi) is 4.29. The molecule has 5 nitrogen and oxygen atoms in total. The minimum atomic E-state index is -0.486. The molecular formula is C14H14ClNO4. The van der Waals surface area contributed by atoms with Gasteiger partial charge >= 0.3 is 5.97 Å². The normalized spacial score (nSPS) is 10.4. The van der Waals surface area contributed by atoms with Gasteiger partial charge in [-0.3, -0.25) is 0 Å². The lowest BCUT2D eigenvalue weighted by Crippen LogP contribution is -2.06. The van der Waals surface area contributed by atoms with Gasteiger partial charge in [0.25, 0.3) is 0 Å². The fraction of sp³-hybridized carbons (Fsp3) is 0.286. The lowest BCUT2D eigenvalue weighted by Gasteiger charge is -2.07. The van der Waals surface area contributed by atoms with Gasteiger partial charge in [-0.05, 0) is 19.9 Å². The van der Waals surface area contributed by atoms with Crippen molar-refractivity contribution in [2.75, 3.05) is 13.7 Å². The summed E-state index contributed by atoms with van der Waals surface area (Å²) in [5.74, 6) is 0.400. The van der Waals surface area contributed by atoms with E-state index in [1.54, 1.807) is 32.0 Å². The smallest absolute Gasteiger partial charge is 0.344 e. The Hall–Kier alpha value is -2.01. The summed E-state index contributed by atoms with van der Waals surface area (Å²) in [6.45, 7) is 3.66. The standard InChI is InChI=1S/C14H14ClNO4/c1-4-19-14(17)11-8(2)20-16-13(11)9-6-5-7-10(18-3)12(9)15/h5-7H,4H2,1-3H3. The maximum atomic E-state index is 12.0. The van der Waals surface area contributed by atoms with Crippen LogP contribution in [-0.2, 0) is 4.74 Å².